The first-order valence-electron chi connectivity index (χ1n) is 26.2. The summed E-state index contributed by atoms with van der Waals surface area (Å²) in [6.45, 7) is 16.5. The van der Waals surface area contributed by atoms with E-state index in [0.717, 1.165) is 75.3 Å². The number of aliphatic hydroxyl groups is 2. The van der Waals surface area contributed by atoms with Crippen LogP contribution in [0.3, 0.4) is 0 Å². The molecule has 5 rings (SSSR count). The maximum Gasteiger partial charge on any atom is 0.412 e. The highest BCUT2D eigenvalue weighted by atomic mass is 16.8. The number of oxime groups is 1. The van der Waals surface area contributed by atoms with Crippen LogP contribution in [0.4, 0.5) is 9.59 Å². The van der Waals surface area contributed by atoms with Gasteiger partial charge in [0.05, 0.1) is 31.5 Å². The molecule has 3 N–H and O–H groups in total. The number of hydrogen-bond acceptors (Lipinski definition) is 11. The summed E-state index contributed by atoms with van der Waals surface area (Å²) in [6, 6.07) is 4.87. The average molecular weight is 938 g/mol. The molecule has 2 aliphatic carbocycles. The molecule has 67 heavy (non-hydrogen) atoms. The van der Waals surface area contributed by atoms with Crippen LogP contribution in [0.1, 0.15) is 181 Å². The van der Waals surface area contributed by atoms with Gasteiger partial charge in [0.1, 0.15) is 17.5 Å². The molecule has 13 heteroatoms. The Hall–Kier alpha value is -3.65. The van der Waals surface area contributed by atoms with E-state index in [-0.39, 0.29) is 56.0 Å². The Morgan fingerprint density at radius 3 is 2.31 bits per heavy atom. The maximum atomic E-state index is 14.5. The molecule has 1 saturated carbocycles. The summed E-state index contributed by atoms with van der Waals surface area (Å²) in [5, 5.41) is 27.9. The second-order valence-corrected chi connectivity index (χ2v) is 20.5. The zero-order valence-electron chi connectivity index (χ0n) is 41.9. The second kappa shape index (κ2) is 28.1. The number of aliphatic hydroxyl groups excluding tert-OH is 2. The molecule has 13 nitrogen and oxygen atoms in total. The summed E-state index contributed by atoms with van der Waals surface area (Å²) in [4.78, 5) is 35.9. The van der Waals surface area contributed by atoms with Crippen LogP contribution in [-0.4, -0.2) is 97.3 Å². The van der Waals surface area contributed by atoms with Crippen LogP contribution in [0.2, 0.25) is 0 Å². The van der Waals surface area contributed by atoms with E-state index in [0.29, 0.717) is 56.2 Å². The molecule has 2 aliphatic heterocycles. The number of amides is 2. The number of hydrogen-bond donors (Lipinski definition) is 3. The van der Waals surface area contributed by atoms with Gasteiger partial charge >= 0.3 is 12.2 Å². The number of carbonyl (C=O) groups excluding carboxylic acids is 2. The van der Waals surface area contributed by atoms with Crippen molar-refractivity contribution >= 4 is 17.9 Å². The molecule has 378 valence electrons. The van der Waals surface area contributed by atoms with Gasteiger partial charge in [0.15, 0.2) is 0 Å². The van der Waals surface area contributed by atoms with Crippen molar-refractivity contribution in [2.45, 2.75) is 193 Å². The van der Waals surface area contributed by atoms with Gasteiger partial charge in [-0.25, -0.2) is 9.59 Å². The molecule has 1 aromatic carbocycles. The van der Waals surface area contributed by atoms with Crippen molar-refractivity contribution in [3.63, 3.8) is 0 Å². The van der Waals surface area contributed by atoms with Gasteiger partial charge < -0.3 is 44.1 Å². The zero-order chi connectivity index (χ0) is 48.1. The standard InChI is InChI=1S/C54H87N3O10/c1-7-10-11-12-13-14-15-16-17-21-30-55-51(60)65-41-28-29-46-44(37-41)49-42(26-19-23-33-59)40(25-18-22-32-58)36-43-45(56-67-48-27-20-24-35-62-48)38-47(54(66-46,50(43)49)64-34-9-3)57(31-8-2)52(61)63-39-53(4,5)6/h9,28-29,36-37,40,42,47-50,58-59H,3,7-8,10-27,30-35,38-39H2,1-2,4-6H3,(H,55,60)/t40-,42+,47-,48?,49+,50+,54+/m0/s1. The molecule has 0 bridgehead atoms. The van der Waals surface area contributed by atoms with E-state index in [4.69, 9.17) is 33.7 Å². The van der Waals surface area contributed by atoms with E-state index >= 15 is 0 Å². The number of rotatable bonds is 29. The van der Waals surface area contributed by atoms with Gasteiger partial charge in [0.25, 0.3) is 0 Å². The molecule has 2 amide bonds. The Balaban J connectivity index is 1.56. The Kier molecular flexibility index (Phi) is 22.8. The lowest BCUT2D eigenvalue weighted by Gasteiger charge is -2.60. The van der Waals surface area contributed by atoms with Gasteiger partial charge in [-0.1, -0.05) is 123 Å². The Labute approximate surface area is 402 Å². The van der Waals surface area contributed by atoms with Gasteiger partial charge in [-0.3, -0.25) is 4.90 Å². The van der Waals surface area contributed by atoms with Gasteiger partial charge in [0.2, 0.25) is 12.1 Å². The molecule has 2 heterocycles. The maximum absolute atomic E-state index is 14.5. The van der Waals surface area contributed by atoms with Crippen LogP contribution in [0.25, 0.3) is 0 Å². The van der Waals surface area contributed by atoms with Crippen molar-refractivity contribution in [2.75, 3.05) is 46.1 Å². The fourth-order valence-corrected chi connectivity index (χ4v) is 10.6. The highest BCUT2D eigenvalue weighted by molar-refractivity contribution is 6.03. The minimum atomic E-state index is -1.42. The fraction of sp³-hybridized carbons (Fsp3) is 0.759. The third-order valence-corrected chi connectivity index (χ3v) is 13.8. The lowest BCUT2D eigenvalue weighted by Crippen LogP contribution is -2.70. The number of carbonyl (C=O) groups is 2. The number of ether oxygens (including phenoxy) is 5. The number of nitrogens with one attached hydrogen (secondary N) is 1. The Bertz CT molecular complexity index is 1720. The molecule has 0 radical (unpaired) electrons. The molecule has 7 atom stereocenters. The topological polar surface area (TPSA) is 158 Å². The SMILES string of the molecule is C=CCO[C@@]12Oc3ccc(OC(=O)NCCCCCCCCCCCC)cc3[C@H]3[C@H](CCCCO)[C@@H](CCCCO)C=C(C(=NOC4CCCCO4)C[C@@H]1N(CCC)C(=O)OCC(C)(C)C)[C@H]32. The van der Waals surface area contributed by atoms with Gasteiger partial charge in [-0.2, -0.15) is 0 Å². The number of nitrogens with zero attached hydrogens (tertiary/aromatic N) is 2. The largest absolute Gasteiger partial charge is 0.459 e. The van der Waals surface area contributed by atoms with Crippen LogP contribution in [0.15, 0.2) is 47.7 Å². The molecular weight excluding hydrogens is 851 g/mol. The predicted octanol–water partition coefficient (Wildman–Crippen LogP) is 11.8. The summed E-state index contributed by atoms with van der Waals surface area (Å²) in [5.41, 5.74) is 2.24. The van der Waals surface area contributed by atoms with E-state index in [1.165, 1.54) is 44.9 Å². The lowest BCUT2D eigenvalue weighted by atomic mass is 9.55. The average Bonchev–Trinajstić information content (AvgIpc) is 3.31. The van der Waals surface area contributed by atoms with Gasteiger partial charge in [0, 0.05) is 50.6 Å². The lowest BCUT2D eigenvalue weighted by molar-refractivity contribution is -0.255. The summed E-state index contributed by atoms with van der Waals surface area (Å²) in [6.07, 6.45) is 22.8. The van der Waals surface area contributed by atoms with Crippen LogP contribution >= 0.6 is 0 Å². The summed E-state index contributed by atoms with van der Waals surface area (Å²) < 4.78 is 32.5. The molecule has 4 aliphatic rings. The minimum Gasteiger partial charge on any atom is -0.459 e. The molecule has 1 unspecified atom stereocenters. The monoisotopic (exact) mass is 938 g/mol. The normalized spacial score (nSPS) is 25.0. The van der Waals surface area contributed by atoms with E-state index in [1.807, 2.05) is 39.8 Å². The van der Waals surface area contributed by atoms with Crippen LogP contribution < -0.4 is 14.8 Å². The van der Waals surface area contributed by atoms with Crippen LogP contribution in [0, 0.1) is 23.2 Å². The smallest absolute Gasteiger partial charge is 0.412 e. The van der Waals surface area contributed by atoms with Crippen LogP contribution in [0.5, 0.6) is 11.5 Å². The molecule has 1 saturated heterocycles. The molecule has 1 aromatic rings. The Morgan fingerprint density at radius 2 is 1.66 bits per heavy atom. The van der Waals surface area contributed by atoms with Crippen molar-refractivity contribution in [2.24, 2.45) is 28.3 Å². The third kappa shape index (κ3) is 15.7. The third-order valence-electron chi connectivity index (χ3n) is 13.8. The fourth-order valence-electron chi connectivity index (χ4n) is 10.6. The summed E-state index contributed by atoms with van der Waals surface area (Å²) in [5.74, 6) is -1.13. The summed E-state index contributed by atoms with van der Waals surface area (Å²) >= 11 is 0. The van der Waals surface area contributed by atoms with Crippen molar-refractivity contribution in [3.05, 3.63) is 48.1 Å². The van der Waals surface area contributed by atoms with Gasteiger partial charge in [-0.15, -0.1) is 6.58 Å². The van der Waals surface area contributed by atoms with Crippen molar-refractivity contribution in [1.82, 2.24) is 10.2 Å². The highest BCUT2D eigenvalue weighted by Gasteiger charge is 2.65. The first-order valence-corrected chi connectivity index (χ1v) is 26.2. The van der Waals surface area contributed by atoms with E-state index in [2.05, 4.69) is 24.9 Å². The molecule has 0 aromatic heterocycles. The molecular formula is C54H87N3O10. The first kappa shape index (κ1) is 54.3. The zero-order valence-corrected chi connectivity index (χ0v) is 41.9. The predicted molar refractivity (Wildman–Crippen MR) is 263 cm³/mol. The van der Waals surface area contributed by atoms with E-state index in [1.54, 1.807) is 17.0 Å². The van der Waals surface area contributed by atoms with E-state index < -0.39 is 36.2 Å². The van der Waals surface area contributed by atoms with Crippen molar-refractivity contribution in [3.8, 4) is 11.5 Å². The summed E-state index contributed by atoms with van der Waals surface area (Å²) in [7, 11) is 0. The van der Waals surface area contributed by atoms with Crippen molar-refractivity contribution in [1.29, 1.82) is 0 Å². The molecule has 2 fully saturated rings. The quantitative estimate of drug-likeness (QED) is 0.0401. The van der Waals surface area contributed by atoms with E-state index in [9.17, 15) is 19.8 Å². The van der Waals surface area contributed by atoms with Gasteiger partial charge in [-0.05, 0) is 92.4 Å². The molecule has 0 spiro atoms. The number of fused-ring (bicyclic) bond motifs is 2. The van der Waals surface area contributed by atoms with Crippen LogP contribution in [-0.2, 0) is 19.0 Å². The first-order chi connectivity index (χ1) is 32.5. The number of allylic oxidation sites excluding steroid dienone is 1. The highest BCUT2D eigenvalue weighted by Crippen LogP contribution is 2.62. The number of unbranched alkanes of at least 4 members (excludes halogenated alkanes) is 11. The number of benzene rings is 1. The second-order valence-electron chi connectivity index (χ2n) is 20.5. The Morgan fingerprint density at radius 1 is 0.940 bits per heavy atom. The van der Waals surface area contributed by atoms with Crippen molar-refractivity contribution < 1.29 is 48.3 Å². The minimum absolute atomic E-state index is 0.0174.